The number of rotatable bonds is 8. The second-order valence-corrected chi connectivity index (χ2v) is 5.34. The van der Waals surface area contributed by atoms with E-state index >= 15 is 0 Å². The average Bonchev–Trinajstić information content (AvgIpc) is 2.54. The summed E-state index contributed by atoms with van der Waals surface area (Å²) in [5, 5.41) is 6.41. The maximum atomic E-state index is 5.64. The Bertz CT molecular complexity index is 464. The maximum absolute atomic E-state index is 5.64. The molecule has 0 spiro atoms. The minimum absolute atomic E-state index is 0. The van der Waals surface area contributed by atoms with Gasteiger partial charge < -0.3 is 24.8 Å². The Labute approximate surface area is 156 Å². The van der Waals surface area contributed by atoms with Gasteiger partial charge in [0.05, 0.1) is 19.3 Å². The minimum Gasteiger partial charge on any atom is -0.497 e. The second-order valence-electron chi connectivity index (χ2n) is 5.34. The van der Waals surface area contributed by atoms with Crippen molar-refractivity contribution in [1.29, 1.82) is 0 Å². The molecule has 1 aromatic rings. The molecule has 132 valence electrons. The van der Waals surface area contributed by atoms with Crippen molar-refractivity contribution in [2.24, 2.45) is 4.99 Å². The molecule has 0 aliphatic heterocycles. The molecule has 0 aromatic heterocycles. The first-order chi connectivity index (χ1) is 10.5. The normalized spacial score (nSPS) is 11.4. The zero-order valence-electron chi connectivity index (χ0n) is 14.5. The van der Waals surface area contributed by atoms with Gasteiger partial charge in [0.1, 0.15) is 18.1 Å². The van der Waals surface area contributed by atoms with Gasteiger partial charge >= 0.3 is 0 Å². The van der Waals surface area contributed by atoms with Gasteiger partial charge in [-0.1, -0.05) is 0 Å². The Balaban J connectivity index is 0.00000484. The summed E-state index contributed by atoms with van der Waals surface area (Å²) >= 11 is 0. The van der Waals surface area contributed by atoms with Gasteiger partial charge in [-0.25, -0.2) is 0 Å². The molecule has 0 fully saturated rings. The Morgan fingerprint density at radius 2 is 1.70 bits per heavy atom. The second kappa shape index (κ2) is 11.3. The molecule has 0 unspecified atom stereocenters. The minimum atomic E-state index is -0.239. The van der Waals surface area contributed by atoms with E-state index in [1.54, 1.807) is 21.3 Å². The van der Waals surface area contributed by atoms with Gasteiger partial charge in [0, 0.05) is 20.7 Å². The Kier molecular flexibility index (Phi) is 10.7. The van der Waals surface area contributed by atoms with E-state index in [-0.39, 0.29) is 29.6 Å². The van der Waals surface area contributed by atoms with Crippen LogP contribution in [-0.2, 0) is 4.74 Å². The van der Waals surface area contributed by atoms with Gasteiger partial charge in [-0.3, -0.25) is 4.99 Å². The van der Waals surface area contributed by atoms with Crippen LogP contribution >= 0.6 is 24.0 Å². The van der Waals surface area contributed by atoms with Gasteiger partial charge in [-0.2, -0.15) is 0 Å². The summed E-state index contributed by atoms with van der Waals surface area (Å²) in [5.41, 5.74) is -0.239. The zero-order chi connectivity index (χ0) is 16.4. The van der Waals surface area contributed by atoms with E-state index in [9.17, 15) is 0 Å². The summed E-state index contributed by atoms with van der Waals surface area (Å²) in [4.78, 5) is 4.16. The fraction of sp³-hybridized carbons (Fsp3) is 0.562. The summed E-state index contributed by atoms with van der Waals surface area (Å²) in [7, 11) is 5.07. The summed E-state index contributed by atoms with van der Waals surface area (Å²) in [5.74, 6) is 2.35. The van der Waals surface area contributed by atoms with Crippen molar-refractivity contribution in [3.63, 3.8) is 0 Å². The molecular weight excluding hydrogens is 409 g/mol. The number of methoxy groups -OCH3 is 2. The van der Waals surface area contributed by atoms with Crippen molar-refractivity contribution < 1.29 is 14.2 Å². The largest absolute Gasteiger partial charge is 0.497 e. The molecular formula is C16H28IN3O3. The van der Waals surface area contributed by atoms with Crippen molar-refractivity contribution in [3.8, 4) is 11.5 Å². The Hall–Kier alpha value is -1.22. The first-order valence-corrected chi connectivity index (χ1v) is 7.27. The van der Waals surface area contributed by atoms with Crippen LogP contribution in [0.1, 0.15) is 13.8 Å². The van der Waals surface area contributed by atoms with E-state index in [2.05, 4.69) is 15.6 Å². The summed E-state index contributed by atoms with van der Waals surface area (Å²) in [6.07, 6.45) is 0. The molecule has 2 N–H and O–H groups in total. The van der Waals surface area contributed by atoms with Gasteiger partial charge in [-0.05, 0) is 38.1 Å². The highest BCUT2D eigenvalue weighted by Gasteiger charge is 2.16. The summed E-state index contributed by atoms with van der Waals surface area (Å²) in [6.45, 7) is 5.89. The highest BCUT2D eigenvalue weighted by Crippen LogP contribution is 2.16. The van der Waals surface area contributed by atoms with Crippen LogP contribution < -0.4 is 20.1 Å². The highest BCUT2D eigenvalue weighted by molar-refractivity contribution is 14.0. The number of nitrogens with one attached hydrogen (secondary N) is 2. The fourth-order valence-corrected chi connectivity index (χ4v) is 1.60. The fourth-order valence-electron chi connectivity index (χ4n) is 1.60. The zero-order valence-corrected chi connectivity index (χ0v) is 16.8. The Morgan fingerprint density at radius 1 is 1.09 bits per heavy atom. The van der Waals surface area contributed by atoms with E-state index in [4.69, 9.17) is 14.2 Å². The van der Waals surface area contributed by atoms with Crippen LogP contribution in [0.4, 0.5) is 0 Å². The van der Waals surface area contributed by atoms with Gasteiger partial charge in [0.2, 0.25) is 0 Å². The van der Waals surface area contributed by atoms with E-state index in [0.29, 0.717) is 19.7 Å². The lowest BCUT2D eigenvalue weighted by molar-refractivity contribution is 0.0268. The van der Waals surface area contributed by atoms with E-state index in [1.165, 1.54) is 0 Å². The molecule has 0 aliphatic rings. The lowest BCUT2D eigenvalue weighted by Gasteiger charge is -2.24. The standard InChI is InChI=1S/C16H27N3O3.HI/c1-16(2,21-5)12-19-15(17-3)18-10-11-22-14-8-6-13(20-4)7-9-14;/h6-9H,10-12H2,1-5H3,(H2,17,18,19);1H. The number of nitrogens with zero attached hydrogens (tertiary/aromatic N) is 1. The Morgan fingerprint density at radius 3 is 2.22 bits per heavy atom. The lowest BCUT2D eigenvalue weighted by atomic mass is 10.1. The van der Waals surface area contributed by atoms with E-state index in [1.807, 2.05) is 38.1 Å². The average molecular weight is 437 g/mol. The summed E-state index contributed by atoms with van der Waals surface area (Å²) in [6, 6.07) is 7.51. The summed E-state index contributed by atoms with van der Waals surface area (Å²) < 4.78 is 16.1. The molecule has 1 rings (SSSR count). The van der Waals surface area contributed by atoms with Crippen LogP contribution in [0.3, 0.4) is 0 Å². The molecule has 1 aromatic carbocycles. The maximum Gasteiger partial charge on any atom is 0.191 e. The number of benzene rings is 1. The lowest BCUT2D eigenvalue weighted by Crippen LogP contribution is -2.46. The van der Waals surface area contributed by atoms with Gasteiger partial charge in [0.15, 0.2) is 5.96 Å². The molecule has 0 amide bonds. The third kappa shape index (κ3) is 8.85. The number of halogens is 1. The number of guanidine groups is 1. The van der Waals surface area contributed by atoms with Crippen molar-refractivity contribution in [2.45, 2.75) is 19.4 Å². The first kappa shape index (κ1) is 21.8. The van der Waals surface area contributed by atoms with Gasteiger partial charge in [0.25, 0.3) is 0 Å². The van der Waals surface area contributed by atoms with Crippen LogP contribution in [-0.4, -0.2) is 52.5 Å². The molecule has 0 radical (unpaired) electrons. The molecule has 0 heterocycles. The molecule has 0 saturated heterocycles. The molecule has 0 bridgehead atoms. The van der Waals surface area contributed by atoms with Crippen LogP contribution in [0.2, 0.25) is 0 Å². The van der Waals surface area contributed by atoms with Crippen LogP contribution in [0.5, 0.6) is 11.5 Å². The molecule has 0 saturated carbocycles. The first-order valence-electron chi connectivity index (χ1n) is 7.27. The molecule has 6 nitrogen and oxygen atoms in total. The van der Waals surface area contributed by atoms with Crippen molar-refractivity contribution in [3.05, 3.63) is 24.3 Å². The third-order valence-corrected chi connectivity index (χ3v) is 3.18. The number of ether oxygens (including phenoxy) is 3. The van der Waals surface area contributed by atoms with Crippen molar-refractivity contribution in [2.75, 3.05) is 41.0 Å². The van der Waals surface area contributed by atoms with Crippen LogP contribution in [0.15, 0.2) is 29.3 Å². The molecule has 0 aliphatic carbocycles. The van der Waals surface area contributed by atoms with E-state index in [0.717, 1.165) is 17.5 Å². The predicted molar refractivity (Wildman–Crippen MR) is 104 cm³/mol. The molecule has 0 atom stereocenters. The predicted octanol–water partition coefficient (Wildman–Crippen LogP) is 2.28. The molecule has 7 heteroatoms. The quantitative estimate of drug-likeness (QED) is 0.283. The highest BCUT2D eigenvalue weighted by atomic mass is 127. The van der Waals surface area contributed by atoms with Crippen LogP contribution in [0, 0.1) is 0 Å². The monoisotopic (exact) mass is 437 g/mol. The van der Waals surface area contributed by atoms with Crippen LogP contribution in [0.25, 0.3) is 0 Å². The number of hydrogen-bond donors (Lipinski definition) is 2. The third-order valence-electron chi connectivity index (χ3n) is 3.18. The van der Waals surface area contributed by atoms with E-state index < -0.39 is 0 Å². The topological polar surface area (TPSA) is 64.1 Å². The van der Waals surface area contributed by atoms with Gasteiger partial charge in [-0.15, -0.1) is 24.0 Å². The smallest absolute Gasteiger partial charge is 0.191 e. The molecule has 23 heavy (non-hydrogen) atoms. The number of hydrogen-bond acceptors (Lipinski definition) is 4. The van der Waals surface area contributed by atoms with Crippen molar-refractivity contribution in [1.82, 2.24) is 10.6 Å². The van der Waals surface area contributed by atoms with Crippen molar-refractivity contribution >= 4 is 29.9 Å². The number of aliphatic imine (C=N–C) groups is 1. The SMILES string of the molecule is CN=C(NCCOc1ccc(OC)cc1)NCC(C)(C)OC.I.